The van der Waals surface area contributed by atoms with E-state index in [-0.39, 0.29) is 18.4 Å². The van der Waals surface area contributed by atoms with E-state index in [1.54, 1.807) is 24.3 Å². The van der Waals surface area contributed by atoms with Gasteiger partial charge in [-0.2, -0.15) is 0 Å². The molecule has 3 N–H and O–H groups in total. The second-order valence-electron chi connectivity index (χ2n) is 4.65. The Morgan fingerprint density at radius 3 is 2.67 bits per heavy atom. The summed E-state index contributed by atoms with van der Waals surface area (Å²) in [7, 11) is 0. The van der Waals surface area contributed by atoms with Crippen molar-refractivity contribution in [2.75, 3.05) is 11.9 Å². The molecule has 0 saturated heterocycles. The number of carbonyl (C=O) groups excluding carboxylic acids is 2. The highest BCUT2D eigenvalue weighted by atomic mass is 16.3. The zero-order valence-electron chi connectivity index (χ0n) is 10.2. The summed E-state index contributed by atoms with van der Waals surface area (Å²) in [5.74, 6) is -0.407. The first-order chi connectivity index (χ1) is 8.54. The average Bonchev–Trinajstić information content (AvgIpc) is 3.09. The zero-order chi connectivity index (χ0) is 13.2. The summed E-state index contributed by atoms with van der Waals surface area (Å²) in [6.07, 6.45) is 1.61. The molecule has 0 spiro atoms. The molecule has 18 heavy (non-hydrogen) atoms. The molecule has 1 fully saturated rings. The molecule has 1 saturated carbocycles. The van der Waals surface area contributed by atoms with Crippen LogP contribution in [-0.2, 0) is 4.79 Å². The van der Waals surface area contributed by atoms with Crippen molar-refractivity contribution in [3.05, 3.63) is 29.8 Å². The van der Waals surface area contributed by atoms with E-state index in [0.29, 0.717) is 11.3 Å². The van der Waals surface area contributed by atoms with E-state index in [1.807, 2.05) is 0 Å². The fourth-order valence-corrected chi connectivity index (χ4v) is 1.73. The molecule has 1 aliphatic rings. The highest BCUT2D eigenvalue weighted by Crippen LogP contribution is 2.34. The zero-order valence-corrected chi connectivity index (χ0v) is 10.2. The van der Waals surface area contributed by atoms with Gasteiger partial charge in [0.1, 0.15) is 0 Å². The Kier molecular flexibility index (Phi) is 3.34. The van der Waals surface area contributed by atoms with E-state index in [1.165, 1.54) is 6.92 Å². The number of amides is 2. The Balaban J connectivity index is 2.08. The summed E-state index contributed by atoms with van der Waals surface area (Å²) >= 11 is 0. The van der Waals surface area contributed by atoms with Gasteiger partial charge in [0.05, 0.1) is 12.1 Å². The number of anilines is 1. The highest BCUT2D eigenvalue weighted by molar-refractivity contribution is 5.97. The number of nitrogens with one attached hydrogen (secondary N) is 2. The minimum Gasteiger partial charge on any atom is -0.394 e. The second-order valence-corrected chi connectivity index (χ2v) is 4.65. The molecule has 5 nitrogen and oxygen atoms in total. The molecule has 0 radical (unpaired) electrons. The van der Waals surface area contributed by atoms with Gasteiger partial charge in [-0.1, -0.05) is 6.07 Å². The van der Waals surface area contributed by atoms with Crippen LogP contribution in [0.2, 0.25) is 0 Å². The predicted molar refractivity (Wildman–Crippen MR) is 67.3 cm³/mol. The molecule has 96 valence electrons. The number of hydrogen-bond acceptors (Lipinski definition) is 3. The molecular formula is C13H16N2O3. The molecule has 1 aromatic rings. The maximum atomic E-state index is 12.0. The molecule has 2 rings (SSSR count). The van der Waals surface area contributed by atoms with Gasteiger partial charge >= 0.3 is 0 Å². The SMILES string of the molecule is CC(=O)Nc1cccc(C(=O)NC2(CO)CC2)c1. The smallest absolute Gasteiger partial charge is 0.251 e. The topological polar surface area (TPSA) is 78.4 Å². The highest BCUT2D eigenvalue weighted by Gasteiger charge is 2.43. The molecule has 5 heteroatoms. The summed E-state index contributed by atoms with van der Waals surface area (Å²) in [6, 6.07) is 6.72. The number of benzene rings is 1. The van der Waals surface area contributed by atoms with E-state index in [0.717, 1.165) is 12.8 Å². The molecule has 0 aromatic heterocycles. The van der Waals surface area contributed by atoms with Crippen molar-refractivity contribution in [2.24, 2.45) is 0 Å². The predicted octanol–water partition coefficient (Wildman–Crippen LogP) is 0.900. The molecule has 1 aliphatic carbocycles. The third-order valence-corrected chi connectivity index (χ3v) is 2.98. The first-order valence-corrected chi connectivity index (χ1v) is 5.86. The standard InChI is InChI=1S/C13H16N2O3/c1-9(17)14-11-4-2-3-10(7-11)12(18)15-13(8-16)5-6-13/h2-4,7,16H,5-6,8H2,1H3,(H,14,17)(H,15,18). The van der Waals surface area contributed by atoms with Crippen molar-refractivity contribution in [3.8, 4) is 0 Å². The minimum absolute atomic E-state index is 0.0376. The van der Waals surface area contributed by atoms with E-state index < -0.39 is 5.54 Å². The van der Waals surface area contributed by atoms with Crippen LogP contribution in [0.4, 0.5) is 5.69 Å². The summed E-state index contributed by atoms with van der Waals surface area (Å²) in [5, 5.41) is 14.6. The van der Waals surface area contributed by atoms with Gasteiger partial charge in [0.15, 0.2) is 0 Å². The number of rotatable bonds is 4. The molecule has 0 bridgehead atoms. The van der Waals surface area contributed by atoms with Crippen molar-refractivity contribution in [1.29, 1.82) is 0 Å². The largest absolute Gasteiger partial charge is 0.394 e. The van der Waals surface area contributed by atoms with Crippen molar-refractivity contribution in [1.82, 2.24) is 5.32 Å². The lowest BCUT2D eigenvalue weighted by atomic mass is 10.1. The first-order valence-electron chi connectivity index (χ1n) is 5.86. The van der Waals surface area contributed by atoms with Crippen LogP contribution in [0, 0.1) is 0 Å². The van der Waals surface area contributed by atoms with E-state index in [4.69, 9.17) is 5.11 Å². The molecule has 0 aliphatic heterocycles. The molecular weight excluding hydrogens is 232 g/mol. The van der Waals surface area contributed by atoms with Crippen LogP contribution in [0.5, 0.6) is 0 Å². The number of aliphatic hydroxyl groups excluding tert-OH is 1. The van der Waals surface area contributed by atoms with Crippen LogP contribution in [0.25, 0.3) is 0 Å². The third-order valence-electron chi connectivity index (χ3n) is 2.98. The monoisotopic (exact) mass is 248 g/mol. The quantitative estimate of drug-likeness (QED) is 0.740. The lowest BCUT2D eigenvalue weighted by Crippen LogP contribution is -2.39. The number of carbonyl (C=O) groups is 2. The van der Waals surface area contributed by atoms with Crippen LogP contribution >= 0.6 is 0 Å². The van der Waals surface area contributed by atoms with Crippen LogP contribution < -0.4 is 10.6 Å². The molecule has 1 aromatic carbocycles. The van der Waals surface area contributed by atoms with Gasteiger partial charge < -0.3 is 15.7 Å². The van der Waals surface area contributed by atoms with Gasteiger partial charge in [-0.05, 0) is 31.0 Å². The Hall–Kier alpha value is -1.88. The molecule has 0 heterocycles. The van der Waals surface area contributed by atoms with Gasteiger partial charge in [0, 0.05) is 18.2 Å². The summed E-state index contributed by atoms with van der Waals surface area (Å²) < 4.78 is 0. The van der Waals surface area contributed by atoms with E-state index in [9.17, 15) is 9.59 Å². The molecule has 0 atom stereocenters. The summed E-state index contributed by atoms with van der Waals surface area (Å²) in [6.45, 7) is 1.38. The van der Waals surface area contributed by atoms with Crippen LogP contribution in [0.3, 0.4) is 0 Å². The van der Waals surface area contributed by atoms with Crippen molar-refractivity contribution in [2.45, 2.75) is 25.3 Å². The summed E-state index contributed by atoms with van der Waals surface area (Å²) in [4.78, 5) is 22.9. The van der Waals surface area contributed by atoms with Gasteiger partial charge in [-0.3, -0.25) is 9.59 Å². The van der Waals surface area contributed by atoms with Crippen LogP contribution in [-0.4, -0.2) is 29.1 Å². The van der Waals surface area contributed by atoms with Crippen molar-refractivity contribution in [3.63, 3.8) is 0 Å². The number of hydrogen-bond donors (Lipinski definition) is 3. The normalized spacial score (nSPS) is 15.9. The van der Waals surface area contributed by atoms with E-state index in [2.05, 4.69) is 10.6 Å². The van der Waals surface area contributed by atoms with Gasteiger partial charge in [-0.15, -0.1) is 0 Å². The lowest BCUT2D eigenvalue weighted by molar-refractivity contribution is -0.114. The average molecular weight is 248 g/mol. The fraction of sp³-hybridized carbons (Fsp3) is 0.385. The lowest BCUT2D eigenvalue weighted by Gasteiger charge is -2.14. The third kappa shape index (κ3) is 2.87. The Morgan fingerprint density at radius 2 is 2.11 bits per heavy atom. The Labute approximate surface area is 105 Å². The maximum absolute atomic E-state index is 12.0. The van der Waals surface area contributed by atoms with Gasteiger partial charge in [0.25, 0.3) is 5.91 Å². The summed E-state index contributed by atoms with van der Waals surface area (Å²) in [5.41, 5.74) is 0.631. The second kappa shape index (κ2) is 4.78. The van der Waals surface area contributed by atoms with Crippen LogP contribution in [0.15, 0.2) is 24.3 Å². The van der Waals surface area contributed by atoms with Gasteiger partial charge in [-0.25, -0.2) is 0 Å². The van der Waals surface area contributed by atoms with Crippen LogP contribution in [0.1, 0.15) is 30.1 Å². The van der Waals surface area contributed by atoms with E-state index >= 15 is 0 Å². The first kappa shape index (κ1) is 12.6. The molecule has 2 amide bonds. The fourth-order valence-electron chi connectivity index (χ4n) is 1.73. The Morgan fingerprint density at radius 1 is 1.39 bits per heavy atom. The number of aliphatic hydroxyl groups is 1. The van der Waals surface area contributed by atoms with Gasteiger partial charge in [0.2, 0.25) is 5.91 Å². The Bertz CT molecular complexity index is 481. The van der Waals surface area contributed by atoms with Crippen molar-refractivity contribution < 1.29 is 14.7 Å². The van der Waals surface area contributed by atoms with Crippen molar-refractivity contribution >= 4 is 17.5 Å². The maximum Gasteiger partial charge on any atom is 0.251 e. The molecule has 0 unspecified atom stereocenters. The minimum atomic E-state index is -0.429.